The first-order valence-electron chi connectivity index (χ1n) is 14.3. The minimum Gasteiger partial charge on any atom is -0.464 e. The van der Waals surface area contributed by atoms with Crippen LogP contribution < -0.4 is 9.80 Å². The molecular formula is C29H32N10O4. The molecule has 0 bridgehead atoms. The van der Waals surface area contributed by atoms with Crippen LogP contribution in [0.2, 0.25) is 0 Å². The van der Waals surface area contributed by atoms with E-state index in [2.05, 4.69) is 30.0 Å². The van der Waals surface area contributed by atoms with Gasteiger partial charge in [0, 0.05) is 44.6 Å². The standard InChI is InChI=1S/C29H32N10O4/c1-17-10-21(37-9-8-29(3,28(37)42)39-16-30-18(2)33-39)15-38-25(17)32-24(34-38)26(40)36-13-19-11-35(12-20(19)14-36)23-7-5-6-22(31-23)27(41)43-4/h5-7,10,15-16,19-20H,8-9,11-14H2,1-4H3. The molecule has 0 radical (unpaired) electrons. The van der Waals surface area contributed by atoms with Crippen LogP contribution in [-0.4, -0.2) is 96.9 Å². The number of aryl methyl sites for hydroxylation is 2. The Morgan fingerprint density at radius 1 is 1.05 bits per heavy atom. The predicted molar refractivity (Wildman–Crippen MR) is 154 cm³/mol. The molecule has 2 amide bonds. The van der Waals surface area contributed by atoms with E-state index in [1.165, 1.54) is 7.11 Å². The summed E-state index contributed by atoms with van der Waals surface area (Å²) in [5.74, 6) is 1.31. The van der Waals surface area contributed by atoms with E-state index in [0.29, 0.717) is 43.2 Å². The molecule has 3 unspecified atom stereocenters. The average Bonchev–Trinajstić information content (AvgIpc) is 3.82. The van der Waals surface area contributed by atoms with Gasteiger partial charge in [-0.1, -0.05) is 6.07 Å². The van der Waals surface area contributed by atoms with E-state index in [1.807, 2.05) is 30.9 Å². The summed E-state index contributed by atoms with van der Waals surface area (Å²) < 4.78 is 8.04. The van der Waals surface area contributed by atoms with E-state index < -0.39 is 11.5 Å². The molecule has 4 aromatic heterocycles. The summed E-state index contributed by atoms with van der Waals surface area (Å²) in [7, 11) is 1.34. The van der Waals surface area contributed by atoms with E-state index in [1.54, 1.807) is 45.7 Å². The molecule has 0 spiro atoms. The first kappa shape index (κ1) is 27.0. The molecule has 4 aromatic rings. The van der Waals surface area contributed by atoms with Gasteiger partial charge in [0.1, 0.15) is 23.5 Å². The maximum Gasteiger partial charge on any atom is 0.356 e. The third-order valence-corrected chi connectivity index (χ3v) is 8.97. The van der Waals surface area contributed by atoms with E-state index in [0.717, 1.165) is 24.5 Å². The third-order valence-electron chi connectivity index (χ3n) is 8.97. The summed E-state index contributed by atoms with van der Waals surface area (Å²) in [5, 5.41) is 8.94. The number of carbonyl (C=O) groups excluding carboxylic acids is 3. The molecule has 3 fully saturated rings. The Bertz CT molecular complexity index is 1770. The summed E-state index contributed by atoms with van der Waals surface area (Å²) in [4.78, 5) is 58.0. The summed E-state index contributed by atoms with van der Waals surface area (Å²) >= 11 is 0. The van der Waals surface area contributed by atoms with Gasteiger partial charge in [0.2, 0.25) is 5.82 Å². The van der Waals surface area contributed by atoms with Crippen molar-refractivity contribution in [1.82, 2.24) is 39.2 Å². The highest BCUT2D eigenvalue weighted by molar-refractivity contribution is 6.01. The normalized spacial score (nSPS) is 23.4. The highest BCUT2D eigenvalue weighted by Gasteiger charge is 2.46. The predicted octanol–water partition coefficient (Wildman–Crippen LogP) is 1.48. The summed E-state index contributed by atoms with van der Waals surface area (Å²) in [6, 6.07) is 7.24. The van der Waals surface area contributed by atoms with Crippen molar-refractivity contribution in [3.8, 4) is 0 Å². The van der Waals surface area contributed by atoms with Crippen LogP contribution in [0.5, 0.6) is 0 Å². The lowest BCUT2D eigenvalue weighted by Gasteiger charge is -2.23. The average molecular weight is 585 g/mol. The molecule has 3 aliphatic rings. The van der Waals surface area contributed by atoms with Crippen molar-refractivity contribution in [3.05, 3.63) is 59.7 Å². The van der Waals surface area contributed by atoms with Crippen molar-refractivity contribution < 1.29 is 19.1 Å². The second-order valence-corrected chi connectivity index (χ2v) is 11.8. The van der Waals surface area contributed by atoms with E-state index in [9.17, 15) is 14.4 Å². The number of anilines is 2. The number of methoxy groups -OCH3 is 1. The second kappa shape index (κ2) is 9.85. The molecule has 7 heterocycles. The Kier molecular flexibility index (Phi) is 6.18. The van der Waals surface area contributed by atoms with E-state index in [4.69, 9.17) is 4.74 Å². The Morgan fingerprint density at radius 3 is 2.51 bits per heavy atom. The number of fused-ring (bicyclic) bond motifs is 2. The SMILES string of the molecule is COC(=O)c1cccc(N2CC3CN(C(=O)c4nc5c(C)cc(N6CCC(C)(n7cnc(C)n7)C6=O)cn5n4)CC3C2)n1. The zero-order valence-electron chi connectivity index (χ0n) is 24.5. The van der Waals surface area contributed by atoms with Crippen LogP contribution in [0.25, 0.3) is 5.65 Å². The van der Waals surface area contributed by atoms with Crippen LogP contribution in [-0.2, 0) is 15.1 Å². The number of esters is 1. The Hall–Kier alpha value is -4.88. The molecule has 14 heteroatoms. The quantitative estimate of drug-likeness (QED) is 0.316. The van der Waals surface area contributed by atoms with Gasteiger partial charge in [-0.25, -0.2) is 28.9 Å². The summed E-state index contributed by atoms with van der Waals surface area (Å²) in [5.41, 5.74) is 1.55. The highest BCUT2D eigenvalue weighted by atomic mass is 16.5. The van der Waals surface area contributed by atoms with Crippen molar-refractivity contribution in [2.45, 2.75) is 32.7 Å². The summed E-state index contributed by atoms with van der Waals surface area (Å²) in [6.45, 7) is 8.77. The van der Waals surface area contributed by atoms with Crippen LogP contribution in [0.3, 0.4) is 0 Å². The molecule has 3 saturated heterocycles. The van der Waals surface area contributed by atoms with Crippen LogP contribution in [0, 0.1) is 25.7 Å². The highest BCUT2D eigenvalue weighted by Crippen LogP contribution is 2.35. The lowest BCUT2D eigenvalue weighted by Crippen LogP contribution is -2.40. The molecule has 3 atom stereocenters. The van der Waals surface area contributed by atoms with Crippen molar-refractivity contribution in [2.75, 3.05) is 49.6 Å². The Labute approximate surface area is 247 Å². The number of amides is 2. The minimum atomic E-state index is -0.822. The second-order valence-electron chi connectivity index (χ2n) is 11.8. The molecular weight excluding hydrogens is 552 g/mol. The molecule has 0 N–H and O–H groups in total. The van der Waals surface area contributed by atoms with E-state index >= 15 is 0 Å². The molecule has 0 aliphatic carbocycles. The number of rotatable bonds is 5. The first-order valence-corrected chi connectivity index (χ1v) is 14.3. The van der Waals surface area contributed by atoms with Gasteiger partial charge in [-0.05, 0) is 51.0 Å². The Balaban J connectivity index is 1.06. The van der Waals surface area contributed by atoms with Gasteiger partial charge in [0.05, 0.1) is 19.0 Å². The number of pyridine rings is 2. The van der Waals surface area contributed by atoms with Gasteiger partial charge in [0.15, 0.2) is 11.3 Å². The fourth-order valence-corrected chi connectivity index (χ4v) is 6.55. The zero-order valence-corrected chi connectivity index (χ0v) is 24.5. The monoisotopic (exact) mass is 584 g/mol. The topological polar surface area (TPSA) is 144 Å². The van der Waals surface area contributed by atoms with Gasteiger partial charge in [-0.2, -0.15) is 5.10 Å². The lowest BCUT2D eigenvalue weighted by molar-refractivity contribution is -0.124. The molecule has 7 rings (SSSR count). The van der Waals surface area contributed by atoms with Gasteiger partial charge in [0.25, 0.3) is 11.8 Å². The number of hydrogen-bond acceptors (Lipinski definition) is 10. The third kappa shape index (κ3) is 4.39. The van der Waals surface area contributed by atoms with Gasteiger partial charge < -0.3 is 19.4 Å². The molecule has 3 aliphatic heterocycles. The number of hydrogen-bond donors (Lipinski definition) is 0. The van der Waals surface area contributed by atoms with Gasteiger partial charge >= 0.3 is 5.97 Å². The fraction of sp³-hybridized carbons (Fsp3) is 0.448. The van der Waals surface area contributed by atoms with Gasteiger partial charge in [-0.15, -0.1) is 5.10 Å². The van der Waals surface area contributed by atoms with Crippen molar-refractivity contribution in [1.29, 1.82) is 0 Å². The molecule has 222 valence electrons. The first-order chi connectivity index (χ1) is 20.6. The fourth-order valence-electron chi connectivity index (χ4n) is 6.55. The molecule has 14 nitrogen and oxygen atoms in total. The van der Waals surface area contributed by atoms with Crippen molar-refractivity contribution in [3.63, 3.8) is 0 Å². The smallest absolute Gasteiger partial charge is 0.356 e. The lowest BCUT2D eigenvalue weighted by atomic mass is 10.0. The van der Waals surface area contributed by atoms with E-state index in [-0.39, 0.29) is 35.2 Å². The van der Waals surface area contributed by atoms with Crippen molar-refractivity contribution in [2.24, 2.45) is 11.8 Å². The molecule has 43 heavy (non-hydrogen) atoms. The van der Waals surface area contributed by atoms with Crippen LogP contribution in [0.4, 0.5) is 11.5 Å². The molecule has 0 aromatic carbocycles. The van der Waals surface area contributed by atoms with Crippen LogP contribution in [0.1, 0.15) is 45.8 Å². The van der Waals surface area contributed by atoms with Gasteiger partial charge in [-0.3, -0.25) is 9.59 Å². The number of nitrogens with zero attached hydrogens (tertiary/aromatic N) is 10. The number of carbonyl (C=O) groups is 3. The number of aromatic nitrogens is 7. The van der Waals surface area contributed by atoms with Crippen LogP contribution in [0.15, 0.2) is 36.8 Å². The maximum atomic E-state index is 13.5. The van der Waals surface area contributed by atoms with Crippen molar-refractivity contribution >= 4 is 34.9 Å². The largest absolute Gasteiger partial charge is 0.464 e. The Morgan fingerprint density at radius 2 is 1.81 bits per heavy atom. The number of ether oxygens (including phenoxy) is 1. The summed E-state index contributed by atoms with van der Waals surface area (Å²) in [6.07, 6.45) is 3.95. The minimum absolute atomic E-state index is 0.0718. The van der Waals surface area contributed by atoms with Crippen LogP contribution >= 0.6 is 0 Å². The maximum absolute atomic E-state index is 13.5. The zero-order chi connectivity index (χ0) is 30.0. The molecule has 0 saturated carbocycles. The number of likely N-dealkylation sites (tertiary alicyclic amines) is 1.